The van der Waals surface area contributed by atoms with E-state index in [2.05, 4.69) is 97.9 Å². The van der Waals surface area contributed by atoms with Crippen LogP contribution in [0.1, 0.15) is 13.3 Å². The summed E-state index contributed by atoms with van der Waals surface area (Å²) >= 11 is 0. The van der Waals surface area contributed by atoms with Gasteiger partial charge in [0.25, 0.3) is 0 Å². The molecule has 3 rings (SSSR count). The second-order valence-corrected chi connectivity index (χ2v) is 9.59. The summed E-state index contributed by atoms with van der Waals surface area (Å²) in [6.45, 7) is 2.06. The van der Waals surface area contributed by atoms with E-state index in [0.717, 1.165) is 12.6 Å². The van der Waals surface area contributed by atoms with Crippen molar-refractivity contribution >= 4 is 23.2 Å². The van der Waals surface area contributed by atoms with Crippen molar-refractivity contribution in [3.63, 3.8) is 0 Å². The largest absolute Gasteiger partial charge is 1.00 e. The fraction of sp³-hybridized carbons (Fsp3) is 0.182. The molecule has 1 N–H and O–H groups in total. The summed E-state index contributed by atoms with van der Waals surface area (Å²) in [6.07, 6.45) is 1.24. The number of rotatable bonds is 6. The Bertz CT molecular complexity index is 650. The predicted octanol–water partition coefficient (Wildman–Crippen LogP) is 0.755. The van der Waals surface area contributed by atoms with Gasteiger partial charge >= 0.3 is 0 Å². The lowest BCUT2D eigenvalue weighted by molar-refractivity contribution is -0.00000676. The first-order chi connectivity index (χ1) is 11.8. The third-order valence-corrected chi connectivity index (χ3v) is 9.06. The number of aliphatic hydroxyl groups is 1. The van der Waals surface area contributed by atoms with Crippen LogP contribution in [0.3, 0.4) is 0 Å². The molecule has 3 aromatic rings. The summed E-state index contributed by atoms with van der Waals surface area (Å²) in [5, 5.41) is 14.6. The monoisotopic (exact) mass is 462 g/mol. The Morgan fingerprint density at radius 1 is 0.680 bits per heavy atom. The summed E-state index contributed by atoms with van der Waals surface area (Å²) in [6, 6.07) is 32.1. The zero-order valence-corrected chi connectivity index (χ0v) is 17.5. The molecule has 25 heavy (non-hydrogen) atoms. The van der Waals surface area contributed by atoms with Crippen molar-refractivity contribution < 1.29 is 29.1 Å². The lowest BCUT2D eigenvalue weighted by atomic mass is 10.3. The molecule has 0 heterocycles. The summed E-state index contributed by atoms with van der Waals surface area (Å²) in [5.41, 5.74) is 0. The molecule has 0 aliphatic heterocycles. The van der Waals surface area contributed by atoms with E-state index in [1.54, 1.807) is 0 Å². The molecule has 0 aromatic heterocycles. The van der Waals surface area contributed by atoms with Crippen LogP contribution in [0.15, 0.2) is 91.0 Å². The number of aliphatic hydroxyl groups excluding tert-OH is 1. The van der Waals surface area contributed by atoms with Crippen molar-refractivity contribution in [1.82, 2.24) is 0 Å². The Balaban J connectivity index is 0.00000225. The molecule has 0 unspecified atom stereocenters. The second kappa shape index (κ2) is 9.47. The highest BCUT2D eigenvalue weighted by Gasteiger charge is 2.46. The van der Waals surface area contributed by atoms with Crippen LogP contribution in [0, 0.1) is 0 Å². The van der Waals surface area contributed by atoms with Gasteiger partial charge in [-0.25, -0.2) is 0 Å². The normalized spacial score (nSPS) is 12.2. The fourth-order valence-corrected chi connectivity index (χ4v) is 7.72. The molecule has 1 nitrogen and oxygen atoms in total. The van der Waals surface area contributed by atoms with Crippen LogP contribution in [0.2, 0.25) is 0 Å². The molecule has 0 amide bonds. The van der Waals surface area contributed by atoms with Crippen molar-refractivity contribution in [1.29, 1.82) is 0 Å². The first-order valence-corrected chi connectivity index (χ1v) is 10.5. The minimum absolute atomic E-state index is 0. The molecule has 0 aliphatic rings. The number of halogens is 1. The zero-order valence-electron chi connectivity index (χ0n) is 14.4. The van der Waals surface area contributed by atoms with Crippen LogP contribution in [0.5, 0.6) is 0 Å². The van der Waals surface area contributed by atoms with E-state index in [-0.39, 0.29) is 30.1 Å². The Kier molecular flexibility index (Phi) is 7.61. The third kappa shape index (κ3) is 4.31. The number of hydrogen-bond donors (Lipinski definition) is 1. The van der Waals surface area contributed by atoms with E-state index in [1.807, 2.05) is 0 Å². The molecular weight excluding hydrogens is 438 g/mol. The quantitative estimate of drug-likeness (QED) is 0.424. The van der Waals surface area contributed by atoms with E-state index in [4.69, 9.17) is 0 Å². The molecule has 3 aromatic carbocycles. The zero-order chi connectivity index (χ0) is 16.8. The summed E-state index contributed by atoms with van der Waals surface area (Å²) < 4.78 is 0. The first-order valence-electron chi connectivity index (χ1n) is 8.50. The van der Waals surface area contributed by atoms with Gasteiger partial charge in [0, 0.05) is 0 Å². The van der Waals surface area contributed by atoms with Gasteiger partial charge in [-0.05, 0) is 42.8 Å². The van der Waals surface area contributed by atoms with Crippen molar-refractivity contribution in [2.45, 2.75) is 19.4 Å². The molecular formula is C22H24IOP. The van der Waals surface area contributed by atoms with Gasteiger partial charge in [-0.1, -0.05) is 61.5 Å². The van der Waals surface area contributed by atoms with Crippen LogP contribution < -0.4 is 39.9 Å². The molecule has 0 saturated heterocycles. The Morgan fingerprint density at radius 2 is 1.00 bits per heavy atom. The summed E-state index contributed by atoms with van der Waals surface area (Å²) in [5.74, 6) is 0. The van der Waals surface area contributed by atoms with Gasteiger partial charge in [0.05, 0.1) is 12.3 Å². The van der Waals surface area contributed by atoms with Crippen molar-refractivity contribution in [2.75, 3.05) is 6.16 Å². The van der Waals surface area contributed by atoms with Gasteiger partial charge in [0.1, 0.15) is 23.2 Å². The lowest BCUT2D eigenvalue weighted by Gasteiger charge is -2.29. The molecule has 0 spiro atoms. The minimum atomic E-state index is -1.88. The smallest absolute Gasteiger partial charge is 0.114 e. The molecule has 0 saturated carbocycles. The molecule has 130 valence electrons. The van der Waals surface area contributed by atoms with Crippen molar-refractivity contribution in [2.24, 2.45) is 0 Å². The van der Waals surface area contributed by atoms with Crippen LogP contribution >= 0.6 is 7.26 Å². The van der Waals surface area contributed by atoms with E-state index in [0.29, 0.717) is 0 Å². The minimum Gasteiger partial charge on any atom is -1.00 e. The topological polar surface area (TPSA) is 20.2 Å². The van der Waals surface area contributed by atoms with Gasteiger partial charge in [-0.15, -0.1) is 0 Å². The number of benzene rings is 3. The average Bonchev–Trinajstić information content (AvgIpc) is 2.68. The summed E-state index contributed by atoms with van der Waals surface area (Å²) in [4.78, 5) is 0. The molecule has 0 aliphatic carbocycles. The average molecular weight is 462 g/mol. The Labute approximate surface area is 168 Å². The van der Waals surface area contributed by atoms with Gasteiger partial charge in [-0.3, -0.25) is 0 Å². The van der Waals surface area contributed by atoms with Crippen molar-refractivity contribution in [3.8, 4) is 0 Å². The molecule has 0 bridgehead atoms. The highest BCUT2D eigenvalue weighted by Crippen LogP contribution is 2.55. The van der Waals surface area contributed by atoms with Crippen LogP contribution in [-0.2, 0) is 0 Å². The lowest BCUT2D eigenvalue weighted by Crippen LogP contribution is -3.00. The predicted molar refractivity (Wildman–Crippen MR) is 106 cm³/mol. The maximum atomic E-state index is 10.6. The van der Waals surface area contributed by atoms with Gasteiger partial charge in [0.15, 0.2) is 0 Å². The van der Waals surface area contributed by atoms with E-state index < -0.39 is 7.26 Å². The van der Waals surface area contributed by atoms with Crippen LogP contribution in [0.25, 0.3) is 0 Å². The fourth-order valence-electron chi connectivity index (χ4n) is 3.26. The summed E-state index contributed by atoms with van der Waals surface area (Å²) in [7, 11) is -1.88. The van der Waals surface area contributed by atoms with Crippen molar-refractivity contribution in [3.05, 3.63) is 91.0 Å². The Morgan fingerprint density at radius 3 is 1.28 bits per heavy atom. The van der Waals surface area contributed by atoms with Gasteiger partial charge in [-0.2, -0.15) is 0 Å². The SMILES string of the molecule is CC[C@@H](O)C[P+](c1ccccc1)(c1ccccc1)c1ccccc1.[I-]. The van der Waals surface area contributed by atoms with E-state index >= 15 is 0 Å². The highest BCUT2D eigenvalue weighted by atomic mass is 127. The van der Waals surface area contributed by atoms with Crippen LogP contribution in [-0.4, -0.2) is 17.4 Å². The Hall–Kier alpha value is -1.22. The molecule has 3 heteroatoms. The maximum Gasteiger partial charge on any atom is 0.114 e. The highest BCUT2D eigenvalue weighted by molar-refractivity contribution is 7.95. The first kappa shape index (κ1) is 20.1. The standard InChI is InChI=1S/C22H24OP.HI/c1-2-19(23)18-24(20-12-6-3-7-13-20,21-14-8-4-9-15-21)22-16-10-5-11-17-22;/h3-17,19,23H,2,18H2,1H3;1H/q+1;/p-1/t19-;/m1./s1. The third-order valence-electron chi connectivity index (χ3n) is 4.55. The molecule has 1 atom stereocenters. The number of hydrogen-bond acceptors (Lipinski definition) is 1. The van der Waals surface area contributed by atoms with Gasteiger partial charge < -0.3 is 29.1 Å². The maximum absolute atomic E-state index is 10.6. The van der Waals surface area contributed by atoms with E-state index in [1.165, 1.54) is 15.9 Å². The second-order valence-electron chi connectivity index (χ2n) is 6.06. The van der Waals surface area contributed by atoms with Crippen LogP contribution in [0.4, 0.5) is 0 Å². The molecule has 0 fully saturated rings. The molecule has 0 radical (unpaired) electrons. The van der Waals surface area contributed by atoms with Gasteiger partial charge in [0.2, 0.25) is 0 Å². The van der Waals surface area contributed by atoms with E-state index in [9.17, 15) is 5.11 Å².